The molecule has 0 atom stereocenters. The molecular weight excluding hydrogens is 215 g/mol. The lowest BCUT2D eigenvalue weighted by atomic mass is 11.4. The smallest absolute Gasteiger partial charge is 0.396 e. The van der Waals surface area contributed by atoms with Crippen LogP contribution in [-0.2, 0) is 0 Å². The van der Waals surface area contributed by atoms with E-state index in [0.717, 1.165) is 6.34 Å². The summed E-state index contributed by atoms with van der Waals surface area (Å²) in [5.74, 6) is 0. The van der Waals surface area contributed by atoms with Crippen LogP contribution in [0, 0.1) is 5.41 Å². The van der Waals surface area contributed by atoms with Crippen LogP contribution >= 0.6 is 0 Å². The molecule has 0 saturated carbocycles. The fraction of sp³-hybridized carbons (Fsp3) is 0. The Morgan fingerprint density at radius 3 is 1.71 bits per heavy atom. The van der Waals surface area contributed by atoms with Crippen LogP contribution in [0.2, 0.25) is 0 Å². The van der Waals surface area contributed by atoms with E-state index in [1.54, 1.807) is 0 Å². The van der Waals surface area contributed by atoms with Crippen LogP contribution in [0.25, 0.3) is 0 Å². The SMILES string of the molecule is N=CN.[O-][I+2]([O-])O. The molecule has 0 amide bonds. The summed E-state index contributed by atoms with van der Waals surface area (Å²) in [6.07, 6.45) is 0.750. The van der Waals surface area contributed by atoms with E-state index in [1.807, 2.05) is 0 Å². The number of halogens is 1. The van der Waals surface area contributed by atoms with Gasteiger partial charge in [-0.25, -0.2) is 0 Å². The molecule has 0 aliphatic rings. The number of nitrogens with one attached hydrogen (secondary N) is 1. The first-order valence-electron chi connectivity index (χ1n) is 1.10. The van der Waals surface area contributed by atoms with Gasteiger partial charge in [-0.2, -0.15) is 0 Å². The van der Waals surface area contributed by atoms with Gasteiger partial charge in [-0.05, 0) is 3.44 Å². The fourth-order valence-electron chi connectivity index (χ4n) is 0. The molecule has 0 aromatic carbocycles. The Morgan fingerprint density at radius 2 is 1.71 bits per heavy atom. The Hall–Kier alpha value is 0.0800. The zero-order valence-corrected chi connectivity index (χ0v) is 5.45. The van der Waals surface area contributed by atoms with E-state index in [1.165, 1.54) is 0 Å². The summed E-state index contributed by atoms with van der Waals surface area (Å²) in [6.45, 7) is 0. The van der Waals surface area contributed by atoms with Crippen molar-refractivity contribution in [3.05, 3.63) is 0 Å². The van der Waals surface area contributed by atoms with Crippen molar-refractivity contribution in [2.24, 2.45) is 5.73 Å². The number of rotatable bonds is 0. The van der Waals surface area contributed by atoms with Gasteiger partial charge in [0, 0.05) is 0 Å². The normalized spacial score (nSPS) is 6.86. The summed E-state index contributed by atoms with van der Waals surface area (Å²) >= 11 is -3.76. The maximum atomic E-state index is 8.68. The summed E-state index contributed by atoms with van der Waals surface area (Å²) in [4.78, 5) is 0. The Labute approximate surface area is 49.3 Å². The van der Waals surface area contributed by atoms with Gasteiger partial charge in [-0.1, -0.05) is 0 Å². The second-order valence-electron chi connectivity index (χ2n) is 0.368. The average molecular weight is 220 g/mol. The second kappa shape index (κ2) is 9.43. The van der Waals surface area contributed by atoms with Crippen molar-refractivity contribution in [3.8, 4) is 0 Å². The van der Waals surface area contributed by atoms with Crippen LogP contribution < -0.4 is 33.7 Å². The zero-order chi connectivity index (χ0) is 6.28. The lowest BCUT2D eigenvalue weighted by Crippen LogP contribution is -3.98. The summed E-state index contributed by atoms with van der Waals surface area (Å²) in [5.41, 5.74) is 4.39. The predicted octanol–water partition coefficient (Wildman–Crippen LogP) is -6.38. The van der Waals surface area contributed by atoms with Crippen LogP contribution in [0.3, 0.4) is 0 Å². The molecule has 44 valence electrons. The van der Waals surface area contributed by atoms with E-state index in [0.29, 0.717) is 0 Å². The monoisotopic (exact) mass is 220 g/mol. The van der Waals surface area contributed by atoms with Gasteiger partial charge >= 0.3 is 21.1 Å². The molecule has 0 bridgehead atoms. The highest BCUT2D eigenvalue weighted by Crippen LogP contribution is 0.879. The Morgan fingerprint density at radius 1 is 1.71 bits per heavy atom. The zero-order valence-electron chi connectivity index (χ0n) is 3.30. The summed E-state index contributed by atoms with van der Waals surface area (Å²) in [7, 11) is 0. The first-order chi connectivity index (χ1) is 3.15. The first-order valence-corrected chi connectivity index (χ1v) is 3.83. The fourth-order valence-corrected chi connectivity index (χ4v) is 0. The van der Waals surface area contributed by atoms with E-state index < -0.39 is 21.1 Å². The molecule has 7 heavy (non-hydrogen) atoms. The molecule has 0 aliphatic heterocycles. The maximum absolute atomic E-state index is 8.68. The quantitative estimate of drug-likeness (QED) is 0.214. The summed E-state index contributed by atoms with van der Waals surface area (Å²) in [6, 6.07) is 0. The van der Waals surface area contributed by atoms with E-state index >= 15 is 0 Å². The molecule has 0 spiro atoms. The highest BCUT2D eigenvalue weighted by Gasteiger charge is 1.89. The minimum atomic E-state index is -3.76. The molecule has 0 aliphatic carbocycles. The third-order valence-corrected chi connectivity index (χ3v) is 0. The Balaban J connectivity index is 0. The third-order valence-electron chi connectivity index (χ3n) is 0. The minimum absolute atomic E-state index is 0.750. The third kappa shape index (κ3) is 15800. The van der Waals surface area contributed by atoms with Crippen LogP contribution in [0.4, 0.5) is 0 Å². The largest absolute Gasteiger partial charge is 0.503 e. The summed E-state index contributed by atoms with van der Waals surface area (Å²) < 4.78 is 24.5. The summed E-state index contributed by atoms with van der Waals surface area (Å²) in [5, 5.41) is 5.86. The van der Waals surface area contributed by atoms with Gasteiger partial charge in [-0.3, -0.25) is 5.41 Å². The second-order valence-corrected chi connectivity index (χ2v) is 1.52. The van der Waals surface area contributed by atoms with E-state index in [9.17, 15) is 0 Å². The van der Waals surface area contributed by atoms with Crippen molar-refractivity contribution in [1.29, 1.82) is 5.41 Å². The molecule has 0 rings (SSSR count). The van der Waals surface area contributed by atoms with E-state index in [-0.39, 0.29) is 0 Å². The molecule has 0 unspecified atom stereocenters. The molecule has 6 heteroatoms. The minimum Gasteiger partial charge on any atom is -0.396 e. The predicted molar refractivity (Wildman–Crippen MR) is 15.2 cm³/mol. The van der Waals surface area contributed by atoms with Crippen molar-refractivity contribution in [2.45, 2.75) is 0 Å². The standard InChI is InChI=1S/CH4N2.HIO3/c2-1-3;2-1(3)4/h1H,(H3,2,3);2H. The van der Waals surface area contributed by atoms with Crippen LogP contribution in [0.1, 0.15) is 0 Å². The number of hydrogen-bond acceptors (Lipinski definition) is 4. The van der Waals surface area contributed by atoms with Gasteiger partial charge in [0.2, 0.25) is 0 Å². The molecule has 0 heterocycles. The molecule has 0 fully saturated rings. The van der Waals surface area contributed by atoms with Crippen molar-refractivity contribution >= 4 is 6.34 Å². The molecule has 0 saturated heterocycles. The Kier molecular flexibility index (Phi) is 13.7. The topological polar surface area (TPSA) is 116 Å². The van der Waals surface area contributed by atoms with Crippen molar-refractivity contribution in [1.82, 2.24) is 0 Å². The van der Waals surface area contributed by atoms with Crippen molar-refractivity contribution in [3.63, 3.8) is 0 Å². The van der Waals surface area contributed by atoms with Crippen molar-refractivity contribution in [2.75, 3.05) is 0 Å². The highest BCUT2D eigenvalue weighted by molar-refractivity contribution is 5.46. The van der Waals surface area contributed by atoms with Gasteiger partial charge in [0.25, 0.3) is 0 Å². The lowest BCUT2D eigenvalue weighted by Gasteiger charge is -1.67. The molecule has 0 radical (unpaired) electrons. The van der Waals surface area contributed by atoms with Crippen molar-refractivity contribution < 1.29 is 31.4 Å². The molecule has 4 N–H and O–H groups in total. The van der Waals surface area contributed by atoms with E-state index in [2.05, 4.69) is 5.73 Å². The van der Waals surface area contributed by atoms with E-state index in [4.69, 9.17) is 15.7 Å². The Bertz CT molecular complexity index is 37.2. The lowest BCUT2D eigenvalue weighted by molar-refractivity contribution is -1.63. The van der Waals surface area contributed by atoms with Crippen LogP contribution in [0.5, 0.6) is 0 Å². The highest BCUT2D eigenvalue weighted by atomic mass is 127. The van der Waals surface area contributed by atoms with Crippen LogP contribution in [0.15, 0.2) is 0 Å². The van der Waals surface area contributed by atoms with Gasteiger partial charge in [0.05, 0.1) is 6.34 Å². The maximum Gasteiger partial charge on any atom is 0.503 e. The molecule has 5 nitrogen and oxygen atoms in total. The molecular formula is CH5IN2O3. The first kappa shape index (κ1) is 10.1. The van der Waals surface area contributed by atoms with Crippen LogP contribution in [-0.4, -0.2) is 9.77 Å². The van der Waals surface area contributed by atoms with Gasteiger partial charge in [-0.15, -0.1) is 0 Å². The molecule has 0 aromatic heterocycles. The van der Waals surface area contributed by atoms with Gasteiger partial charge in [0.1, 0.15) is 0 Å². The molecule has 0 aromatic rings. The van der Waals surface area contributed by atoms with Gasteiger partial charge in [0.15, 0.2) is 0 Å². The number of nitrogens with two attached hydrogens (primary N) is 1. The average Bonchev–Trinajstić information content (AvgIpc) is 1.33. The van der Waals surface area contributed by atoms with Gasteiger partial charge < -0.3 is 12.6 Å². The number of hydrogen-bond donors (Lipinski definition) is 3.